The lowest BCUT2D eigenvalue weighted by molar-refractivity contribution is -0.139. The quantitative estimate of drug-likeness (QED) is 0.195. The topological polar surface area (TPSA) is 92.9 Å². The smallest absolute Gasteiger partial charge is 0.407 e. The van der Waals surface area contributed by atoms with Gasteiger partial charge in [-0.2, -0.15) is 0 Å². The molecule has 0 bridgehead atoms. The molecule has 1 amide bonds. The van der Waals surface area contributed by atoms with Gasteiger partial charge in [-0.3, -0.25) is 0 Å². The largest absolute Gasteiger partial charge is 0.480 e. The number of carboxylic acids is 1. The molecule has 1 atom stereocenters. The number of nitrogens with one attached hydrogen (secondary N) is 1. The van der Waals surface area contributed by atoms with Gasteiger partial charge in [0.25, 0.3) is 0 Å². The molecule has 6 rings (SSSR count). The number of ether oxygens (including phenoxy) is 1. The van der Waals surface area contributed by atoms with Crippen LogP contribution < -0.4 is 5.32 Å². The van der Waals surface area contributed by atoms with Crippen LogP contribution in [0.15, 0.2) is 100 Å². The van der Waals surface area contributed by atoms with Gasteiger partial charge in [0.15, 0.2) is 0 Å². The van der Waals surface area contributed by atoms with Crippen LogP contribution in [-0.4, -0.2) is 39.2 Å². The molecule has 3 aromatic carbocycles. The van der Waals surface area contributed by atoms with Gasteiger partial charge in [-0.15, -0.1) is 0 Å². The minimum Gasteiger partial charge on any atom is -0.480 e. The van der Waals surface area contributed by atoms with Crippen molar-refractivity contribution in [2.75, 3.05) is 6.61 Å². The van der Waals surface area contributed by atoms with E-state index in [4.69, 9.17) is 9.72 Å². The number of hydrogen-bond acceptors (Lipinski definition) is 4. The zero-order valence-corrected chi connectivity index (χ0v) is 24.2. The van der Waals surface area contributed by atoms with Crippen LogP contribution in [0.3, 0.4) is 0 Å². The van der Waals surface area contributed by atoms with Gasteiger partial charge in [-0.05, 0) is 62.4 Å². The Hall–Kier alpha value is -3.95. The van der Waals surface area contributed by atoms with E-state index >= 15 is 0 Å². The molecule has 0 spiro atoms. The molecular formula is C31H23Br2N3O4. The second-order valence-corrected chi connectivity index (χ2v) is 11.4. The maximum absolute atomic E-state index is 12.9. The summed E-state index contributed by atoms with van der Waals surface area (Å²) < 4.78 is 9.21. The molecule has 2 aromatic heterocycles. The Balaban J connectivity index is 1.24. The fraction of sp³-hybridized carbons (Fsp3) is 0.129. The number of aromatic nitrogens is 2. The number of alkyl carbamates (subject to hydrolysis) is 1. The number of carboxylic acid groups (broad SMARTS) is 1. The highest BCUT2D eigenvalue weighted by Gasteiger charge is 2.30. The third-order valence-electron chi connectivity index (χ3n) is 7.13. The standard InChI is InChI=1S/C31H23Br2N3O4/c32-19-11-9-18(10-12-19)29-27(36-16-20(33)13-14-28(36)35-29)15-26(30(37)38)34-31(39)40-17-25-23-7-3-1-5-21(23)22-6-2-4-8-24(22)25/h1-14,16,25-26H,15,17H2,(H,34,39)(H,37,38). The lowest BCUT2D eigenvalue weighted by atomic mass is 9.98. The average Bonchev–Trinajstić information content (AvgIpc) is 3.47. The maximum Gasteiger partial charge on any atom is 0.407 e. The van der Waals surface area contributed by atoms with E-state index in [1.165, 1.54) is 0 Å². The van der Waals surface area contributed by atoms with Crippen molar-refractivity contribution >= 4 is 49.6 Å². The number of halogens is 2. The van der Waals surface area contributed by atoms with E-state index in [0.717, 1.165) is 36.8 Å². The van der Waals surface area contributed by atoms with E-state index in [1.54, 1.807) is 0 Å². The van der Waals surface area contributed by atoms with Crippen LogP contribution in [0.5, 0.6) is 0 Å². The third-order valence-corrected chi connectivity index (χ3v) is 8.13. The zero-order chi connectivity index (χ0) is 27.8. The Morgan fingerprint density at radius 2 is 1.52 bits per heavy atom. The lowest BCUT2D eigenvalue weighted by Crippen LogP contribution is -2.43. The van der Waals surface area contributed by atoms with Crippen molar-refractivity contribution in [2.24, 2.45) is 0 Å². The summed E-state index contributed by atoms with van der Waals surface area (Å²) in [5.41, 5.74) is 7.22. The number of imidazole rings is 1. The first kappa shape index (κ1) is 26.3. The van der Waals surface area contributed by atoms with Crippen molar-refractivity contribution in [1.82, 2.24) is 14.7 Å². The summed E-state index contributed by atoms with van der Waals surface area (Å²) in [6.45, 7) is 0.0961. The molecule has 40 heavy (non-hydrogen) atoms. The molecule has 200 valence electrons. The molecule has 0 saturated carbocycles. The van der Waals surface area contributed by atoms with Crippen molar-refractivity contribution in [1.29, 1.82) is 0 Å². The molecule has 7 nitrogen and oxygen atoms in total. The molecule has 1 aliphatic rings. The monoisotopic (exact) mass is 659 g/mol. The molecule has 1 unspecified atom stereocenters. The van der Waals surface area contributed by atoms with Gasteiger partial charge >= 0.3 is 12.1 Å². The molecule has 0 fully saturated rings. The number of nitrogens with zero attached hydrogens (tertiary/aromatic N) is 2. The Morgan fingerprint density at radius 3 is 2.17 bits per heavy atom. The summed E-state index contributed by atoms with van der Waals surface area (Å²) in [5.74, 6) is -1.29. The van der Waals surface area contributed by atoms with Crippen LogP contribution in [0.4, 0.5) is 4.79 Å². The SMILES string of the molecule is O=C(NC(Cc1c(-c2ccc(Br)cc2)nc2ccc(Br)cn12)C(=O)O)OCC1c2ccccc2-c2ccccc21. The van der Waals surface area contributed by atoms with Crippen LogP contribution in [0.25, 0.3) is 28.0 Å². The Labute approximate surface area is 247 Å². The molecule has 0 saturated heterocycles. The number of hydrogen-bond donors (Lipinski definition) is 2. The summed E-state index contributed by atoms with van der Waals surface area (Å²) in [6, 6.07) is 26.2. The molecule has 0 aliphatic heterocycles. The van der Waals surface area contributed by atoms with Gasteiger partial charge in [0.2, 0.25) is 0 Å². The molecular weight excluding hydrogens is 638 g/mol. The van der Waals surface area contributed by atoms with Crippen molar-refractivity contribution in [3.63, 3.8) is 0 Å². The normalized spacial score (nSPS) is 13.1. The Morgan fingerprint density at radius 1 is 0.900 bits per heavy atom. The molecule has 1 aliphatic carbocycles. The van der Waals surface area contributed by atoms with Crippen molar-refractivity contribution in [3.05, 3.63) is 117 Å². The predicted octanol–water partition coefficient (Wildman–Crippen LogP) is 7.06. The summed E-state index contributed by atoms with van der Waals surface area (Å²) >= 11 is 6.95. The highest BCUT2D eigenvalue weighted by atomic mass is 79.9. The number of rotatable bonds is 7. The number of benzene rings is 3. The molecule has 2 heterocycles. The molecule has 5 aromatic rings. The summed E-state index contributed by atoms with van der Waals surface area (Å²) in [7, 11) is 0. The number of amides is 1. The van der Waals surface area contributed by atoms with Gasteiger partial charge in [-0.1, -0.05) is 76.6 Å². The fourth-order valence-corrected chi connectivity index (χ4v) is 5.88. The van der Waals surface area contributed by atoms with Crippen molar-refractivity contribution in [3.8, 4) is 22.4 Å². The molecule has 9 heteroatoms. The van der Waals surface area contributed by atoms with Gasteiger partial charge in [0.1, 0.15) is 18.3 Å². The van der Waals surface area contributed by atoms with Gasteiger partial charge in [0.05, 0.1) is 11.4 Å². The highest BCUT2D eigenvalue weighted by molar-refractivity contribution is 9.10. The van der Waals surface area contributed by atoms with E-state index in [0.29, 0.717) is 17.0 Å². The first-order valence-corrected chi connectivity index (χ1v) is 14.2. The van der Waals surface area contributed by atoms with Gasteiger partial charge in [-0.25, -0.2) is 14.6 Å². The van der Waals surface area contributed by atoms with Crippen LogP contribution in [0.1, 0.15) is 22.7 Å². The van der Waals surface area contributed by atoms with Gasteiger partial charge < -0.3 is 19.6 Å². The summed E-state index contributed by atoms with van der Waals surface area (Å²) in [6.07, 6.45) is 1.06. The Kier molecular flexibility index (Phi) is 7.16. The summed E-state index contributed by atoms with van der Waals surface area (Å²) in [4.78, 5) is 30.0. The minimum atomic E-state index is -1.23. The molecule has 2 N–H and O–H groups in total. The van der Waals surface area contributed by atoms with Crippen molar-refractivity contribution in [2.45, 2.75) is 18.4 Å². The van der Waals surface area contributed by atoms with E-state index in [-0.39, 0.29) is 18.9 Å². The second-order valence-electron chi connectivity index (χ2n) is 9.55. The van der Waals surface area contributed by atoms with Crippen LogP contribution >= 0.6 is 31.9 Å². The fourth-order valence-electron chi connectivity index (χ4n) is 5.28. The maximum atomic E-state index is 12.9. The number of pyridine rings is 1. The first-order chi connectivity index (χ1) is 19.4. The second kappa shape index (κ2) is 10.9. The van der Waals surface area contributed by atoms with Crippen LogP contribution in [-0.2, 0) is 16.0 Å². The number of carbonyl (C=O) groups is 2. The van der Waals surface area contributed by atoms with E-state index < -0.39 is 18.1 Å². The number of fused-ring (bicyclic) bond motifs is 4. The van der Waals surface area contributed by atoms with Gasteiger partial charge in [0, 0.05) is 33.0 Å². The van der Waals surface area contributed by atoms with E-state index in [9.17, 15) is 14.7 Å². The number of aliphatic carboxylic acids is 1. The highest BCUT2D eigenvalue weighted by Crippen LogP contribution is 2.44. The first-order valence-electron chi connectivity index (χ1n) is 12.7. The predicted molar refractivity (Wildman–Crippen MR) is 159 cm³/mol. The average molecular weight is 661 g/mol. The molecule has 0 radical (unpaired) electrons. The Bertz CT molecular complexity index is 1700. The third kappa shape index (κ3) is 5.02. The minimum absolute atomic E-state index is 0.00253. The van der Waals surface area contributed by atoms with E-state index in [2.05, 4.69) is 49.3 Å². The summed E-state index contributed by atoms with van der Waals surface area (Å²) in [5, 5.41) is 12.6. The lowest BCUT2D eigenvalue weighted by Gasteiger charge is -2.18. The number of carbonyl (C=O) groups excluding carboxylic acids is 1. The zero-order valence-electron chi connectivity index (χ0n) is 21.1. The van der Waals surface area contributed by atoms with Crippen LogP contribution in [0.2, 0.25) is 0 Å². The van der Waals surface area contributed by atoms with E-state index in [1.807, 2.05) is 83.4 Å². The van der Waals surface area contributed by atoms with Crippen molar-refractivity contribution < 1.29 is 19.4 Å². The van der Waals surface area contributed by atoms with Crippen LogP contribution in [0, 0.1) is 0 Å².